The molecule has 0 saturated heterocycles. The molecule has 0 amide bonds. The first kappa shape index (κ1) is 23.1. The van der Waals surface area contributed by atoms with Crippen molar-refractivity contribution in [2.45, 2.75) is 56.5 Å². The molecule has 0 radical (unpaired) electrons. The zero-order valence-corrected chi connectivity index (χ0v) is 20.3. The van der Waals surface area contributed by atoms with Crippen molar-refractivity contribution in [3.63, 3.8) is 0 Å². The van der Waals surface area contributed by atoms with E-state index in [1.807, 2.05) is 41.2 Å². The van der Waals surface area contributed by atoms with Gasteiger partial charge in [0.25, 0.3) is 0 Å². The Morgan fingerprint density at radius 1 is 1.26 bits per heavy atom. The molecule has 4 aliphatic rings. The summed E-state index contributed by atoms with van der Waals surface area (Å²) in [4.78, 5) is 21.6. The Morgan fingerprint density at radius 2 is 2.06 bits per heavy atom. The van der Waals surface area contributed by atoms with Crippen LogP contribution >= 0.6 is 11.6 Å². The second-order valence-electron chi connectivity index (χ2n) is 9.64. The van der Waals surface area contributed by atoms with Crippen molar-refractivity contribution in [3.8, 4) is 0 Å². The number of aromatic nitrogens is 1. The van der Waals surface area contributed by atoms with E-state index in [2.05, 4.69) is 10.3 Å². The summed E-state index contributed by atoms with van der Waals surface area (Å²) in [5, 5.41) is 10.9. The lowest BCUT2D eigenvalue weighted by Gasteiger charge is -2.36. The number of nitrogens with one attached hydrogen (secondary N) is 1. The third-order valence-electron chi connectivity index (χ3n) is 7.04. The van der Waals surface area contributed by atoms with Crippen molar-refractivity contribution >= 4 is 23.7 Å². The van der Waals surface area contributed by atoms with E-state index in [0.29, 0.717) is 12.2 Å². The molecule has 7 nitrogen and oxygen atoms in total. The van der Waals surface area contributed by atoms with Crippen LogP contribution in [0.2, 0.25) is 0 Å². The SMILES string of the molecule is CN(C)CC(=O)C1C2=C(C=C(Cl)CC2)NC=C2N1C=NN2C1CCC(c2ncccc2F)CC1. The molecule has 9 heteroatoms. The lowest BCUT2D eigenvalue weighted by molar-refractivity contribution is -0.122. The molecule has 1 atom stereocenters. The van der Waals surface area contributed by atoms with Crippen LogP contribution in [0.3, 0.4) is 0 Å². The molecule has 1 unspecified atom stereocenters. The molecule has 1 N–H and O–H groups in total. The van der Waals surface area contributed by atoms with E-state index in [1.54, 1.807) is 18.6 Å². The molecule has 2 aliphatic heterocycles. The summed E-state index contributed by atoms with van der Waals surface area (Å²) in [5.41, 5.74) is 2.51. The minimum absolute atomic E-state index is 0.122. The number of likely N-dealkylation sites (N-methyl/N-ethyl adjacent to an activating group) is 1. The van der Waals surface area contributed by atoms with Crippen molar-refractivity contribution in [3.05, 3.63) is 64.2 Å². The van der Waals surface area contributed by atoms with Crippen LogP contribution in [-0.4, -0.2) is 64.6 Å². The van der Waals surface area contributed by atoms with Crippen molar-refractivity contribution < 1.29 is 9.18 Å². The molecule has 1 aromatic heterocycles. The first-order valence-corrected chi connectivity index (χ1v) is 12.3. The molecule has 1 fully saturated rings. The maximum absolute atomic E-state index is 14.2. The number of carbonyl (C=O) groups excluding carboxylic acids is 1. The molecule has 1 aromatic rings. The molecular formula is C25H30ClFN6O. The maximum Gasteiger partial charge on any atom is 0.173 e. The van der Waals surface area contributed by atoms with Gasteiger partial charge in [0.15, 0.2) is 5.78 Å². The average Bonchev–Trinajstić information content (AvgIpc) is 3.15. The summed E-state index contributed by atoms with van der Waals surface area (Å²) in [5.74, 6) is 0.888. The Bertz CT molecular complexity index is 1090. The van der Waals surface area contributed by atoms with Crippen LogP contribution in [-0.2, 0) is 4.79 Å². The molecular weight excluding hydrogens is 455 g/mol. The van der Waals surface area contributed by atoms with Gasteiger partial charge >= 0.3 is 0 Å². The number of ketones is 1. The van der Waals surface area contributed by atoms with Crippen LogP contribution in [0.5, 0.6) is 0 Å². The van der Waals surface area contributed by atoms with Crippen LogP contribution in [0.1, 0.15) is 50.1 Å². The van der Waals surface area contributed by atoms with Gasteiger partial charge in [0.1, 0.15) is 24.0 Å². The van der Waals surface area contributed by atoms with Gasteiger partial charge in [0.05, 0.1) is 18.3 Å². The van der Waals surface area contributed by atoms with Gasteiger partial charge < -0.3 is 10.2 Å². The summed E-state index contributed by atoms with van der Waals surface area (Å²) < 4.78 is 14.2. The van der Waals surface area contributed by atoms with Crippen LogP contribution in [0.25, 0.3) is 0 Å². The van der Waals surface area contributed by atoms with Gasteiger partial charge in [-0.25, -0.2) is 9.40 Å². The summed E-state index contributed by atoms with van der Waals surface area (Å²) in [6.07, 6.45) is 12.2. The van der Waals surface area contributed by atoms with Crippen LogP contribution in [0.15, 0.2) is 57.8 Å². The van der Waals surface area contributed by atoms with Gasteiger partial charge in [0, 0.05) is 29.0 Å². The quantitative estimate of drug-likeness (QED) is 0.684. The summed E-state index contributed by atoms with van der Waals surface area (Å²) in [6.45, 7) is 0.345. The number of nitrogens with zero attached hydrogens (tertiary/aromatic N) is 5. The highest BCUT2D eigenvalue weighted by Gasteiger charge is 2.41. The molecule has 1 saturated carbocycles. The molecule has 34 heavy (non-hydrogen) atoms. The summed E-state index contributed by atoms with van der Waals surface area (Å²) >= 11 is 6.34. The number of pyridine rings is 1. The lowest BCUT2D eigenvalue weighted by Crippen LogP contribution is -2.45. The number of halogens is 2. The number of hydrogen-bond donors (Lipinski definition) is 1. The fraction of sp³-hybridized carbons (Fsp3) is 0.480. The van der Waals surface area contributed by atoms with Crippen molar-refractivity contribution in [2.24, 2.45) is 5.10 Å². The fourth-order valence-corrected chi connectivity index (χ4v) is 5.65. The molecule has 0 bridgehead atoms. The maximum atomic E-state index is 14.2. The average molecular weight is 485 g/mol. The van der Waals surface area contributed by atoms with E-state index in [0.717, 1.165) is 60.6 Å². The zero-order chi connectivity index (χ0) is 23.8. The number of Topliss-reactive ketones (excluding diaryl/α,β-unsaturated/α-hetero) is 1. The number of carbonyl (C=O) groups is 1. The molecule has 0 aromatic carbocycles. The Hall–Kier alpha value is -2.71. The highest BCUT2D eigenvalue weighted by molar-refractivity contribution is 6.29. The molecule has 2 aliphatic carbocycles. The van der Waals surface area contributed by atoms with E-state index < -0.39 is 6.04 Å². The largest absolute Gasteiger partial charge is 0.358 e. The van der Waals surface area contributed by atoms with E-state index in [1.165, 1.54) is 6.07 Å². The minimum Gasteiger partial charge on any atom is -0.358 e. The topological polar surface area (TPSA) is 64.1 Å². The predicted molar refractivity (Wildman–Crippen MR) is 130 cm³/mol. The number of fused-ring (bicyclic) bond motifs is 1. The van der Waals surface area contributed by atoms with Crippen molar-refractivity contribution in [2.75, 3.05) is 20.6 Å². The second kappa shape index (κ2) is 9.50. The number of hydrogen-bond acceptors (Lipinski definition) is 7. The Labute approximate surface area is 204 Å². The minimum atomic E-state index is -0.424. The Balaban J connectivity index is 1.37. The molecule has 0 spiro atoms. The van der Waals surface area contributed by atoms with Gasteiger partial charge in [-0.3, -0.25) is 14.7 Å². The molecule has 3 heterocycles. The monoisotopic (exact) mass is 484 g/mol. The molecule has 180 valence electrons. The first-order chi connectivity index (χ1) is 16.4. The standard InChI is InChI=1S/C25H30ClFN6O/c1-31(2)14-22(34)25-19-10-7-17(26)12-21(19)29-13-23-32(25)15-30-33(23)18-8-5-16(6-9-18)24-20(27)4-3-11-28-24/h3-4,11-13,15-16,18,25,29H,5-10,14H2,1-2H3. The number of hydrazone groups is 1. The van der Waals surface area contributed by atoms with Crippen molar-refractivity contribution in [1.82, 2.24) is 25.1 Å². The summed E-state index contributed by atoms with van der Waals surface area (Å²) in [7, 11) is 3.81. The second-order valence-corrected chi connectivity index (χ2v) is 10.1. The number of rotatable bonds is 5. The summed E-state index contributed by atoms with van der Waals surface area (Å²) in [6, 6.07) is 2.87. The highest BCUT2D eigenvalue weighted by Crippen LogP contribution is 2.40. The van der Waals surface area contributed by atoms with Gasteiger partial charge in [-0.15, -0.1) is 0 Å². The van der Waals surface area contributed by atoms with E-state index in [-0.39, 0.29) is 23.6 Å². The van der Waals surface area contributed by atoms with Crippen molar-refractivity contribution in [1.29, 1.82) is 0 Å². The first-order valence-electron chi connectivity index (χ1n) is 11.9. The van der Waals surface area contributed by atoms with E-state index in [4.69, 9.17) is 16.7 Å². The third-order valence-corrected chi connectivity index (χ3v) is 7.34. The predicted octanol–water partition coefficient (Wildman–Crippen LogP) is 3.88. The smallest absolute Gasteiger partial charge is 0.173 e. The fourth-order valence-electron chi connectivity index (χ4n) is 5.45. The highest BCUT2D eigenvalue weighted by atomic mass is 35.5. The lowest BCUT2D eigenvalue weighted by atomic mass is 9.83. The van der Waals surface area contributed by atoms with Gasteiger partial charge in [-0.1, -0.05) is 11.6 Å². The normalized spacial score (nSPS) is 26.6. The van der Waals surface area contributed by atoms with Crippen LogP contribution < -0.4 is 5.32 Å². The zero-order valence-electron chi connectivity index (χ0n) is 19.5. The third kappa shape index (κ3) is 4.36. The van der Waals surface area contributed by atoms with Crippen LogP contribution in [0.4, 0.5) is 4.39 Å². The Kier molecular flexibility index (Phi) is 6.44. The van der Waals surface area contributed by atoms with E-state index >= 15 is 0 Å². The number of allylic oxidation sites excluding steroid dienone is 2. The Morgan fingerprint density at radius 3 is 2.79 bits per heavy atom. The van der Waals surface area contributed by atoms with Gasteiger partial charge in [-0.2, -0.15) is 5.10 Å². The molecule has 5 rings (SSSR count). The van der Waals surface area contributed by atoms with Gasteiger partial charge in [-0.05, 0) is 76.4 Å². The van der Waals surface area contributed by atoms with Gasteiger partial charge in [0.2, 0.25) is 0 Å². The van der Waals surface area contributed by atoms with Crippen LogP contribution in [0, 0.1) is 5.82 Å². The van der Waals surface area contributed by atoms with E-state index in [9.17, 15) is 9.18 Å².